The molecule has 1 aromatic carbocycles. The van der Waals surface area contributed by atoms with Gasteiger partial charge in [0.2, 0.25) is 0 Å². The quantitative estimate of drug-likeness (QED) is 0.477. The number of rotatable bonds is 4. The van der Waals surface area contributed by atoms with Crippen LogP contribution in [0.4, 0.5) is 0 Å². The molecule has 0 saturated heterocycles. The Morgan fingerprint density at radius 1 is 1.10 bits per heavy atom. The summed E-state index contributed by atoms with van der Waals surface area (Å²) >= 11 is 0. The van der Waals surface area contributed by atoms with Crippen LogP contribution in [0.3, 0.4) is 0 Å². The Balaban J connectivity index is 2.22. The molecule has 0 amide bonds. The van der Waals surface area contributed by atoms with E-state index in [4.69, 9.17) is 4.74 Å². The first-order chi connectivity index (χ1) is 9.39. The lowest BCUT2D eigenvalue weighted by Gasteiger charge is -2.39. The van der Waals surface area contributed by atoms with E-state index in [1.807, 2.05) is 42.5 Å². The van der Waals surface area contributed by atoms with E-state index in [2.05, 4.69) is 31.8 Å². The highest BCUT2D eigenvalue weighted by Crippen LogP contribution is 2.32. The van der Waals surface area contributed by atoms with Gasteiger partial charge in [-0.2, -0.15) is 0 Å². The number of methoxy groups -OCH3 is 1. The van der Waals surface area contributed by atoms with Gasteiger partial charge in [-0.15, -0.1) is 0 Å². The molecule has 1 aliphatic carbocycles. The fraction of sp³-hybridized carbons (Fsp3) is 0.353. The van der Waals surface area contributed by atoms with E-state index < -0.39 is 8.07 Å². The first kappa shape index (κ1) is 14.9. The van der Waals surface area contributed by atoms with E-state index in [0.717, 1.165) is 5.56 Å². The average Bonchev–Trinajstić information content (AvgIpc) is 2.46. The third-order valence-electron chi connectivity index (χ3n) is 3.97. The summed E-state index contributed by atoms with van der Waals surface area (Å²) in [7, 11) is 0.185. The minimum atomic E-state index is -1.56. The Morgan fingerprint density at radius 2 is 1.65 bits per heavy atom. The molecule has 0 bridgehead atoms. The monoisotopic (exact) mass is 286 g/mol. The van der Waals surface area contributed by atoms with Crippen molar-refractivity contribution in [2.24, 2.45) is 5.92 Å². The van der Waals surface area contributed by atoms with Crippen molar-refractivity contribution in [1.82, 2.24) is 0 Å². The zero-order chi connectivity index (χ0) is 14.8. The van der Waals surface area contributed by atoms with Gasteiger partial charge in [0.1, 0.15) is 0 Å². The normalized spacial score (nSPS) is 25.7. The van der Waals surface area contributed by atoms with Gasteiger partial charge in [0.05, 0.1) is 19.2 Å². The molecule has 0 heterocycles. The molecule has 0 fully saturated rings. The fourth-order valence-electron chi connectivity index (χ4n) is 2.52. The zero-order valence-electron chi connectivity index (χ0n) is 12.6. The smallest absolute Gasteiger partial charge is 0.173 e. The van der Waals surface area contributed by atoms with Crippen LogP contribution in [-0.4, -0.2) is 26.2 Å². The lowest BCUT2D eigenvalue weighted by Crippen LogP contribution is -2.51. The van der Waals surface area contributed by atoms with Crippen LogP contribution in [0.1, 0.15) is 10.4 Å². The van der Waals surface area contributed by atoms with Crippen molar-refractivity contribution in [2.75, 3.05) is 7.11 Å². The van der Waals surface area contributed by atoms with E-state index in [1.54, 1.807) is 7.11 Å². The Hall–Kier alpha value is -1.45. The maximum Gasteiger partial charge on any atom is 0.173 e. The van der Waals surface area contributed by atoms with Crippen molar-refractivity contribution < 1.29 is 9.53 Å². The molecule has 0 aromatic heterocycles. The molecule has 0 radical (unpaired) electrons. The summed E-state index contributed by atoms with van der Waals surface area (Å²) in [4.78, 5) is 12.4. The van der Waals surface area contributed by atoms with Crippen molar-refractivity contribution in [3.05, 3.63) is 60.2 Å². The van der Waals surface area contributed by atoms with E-state index in [9.17, 15) is 4.79 Å². The van der Waals surface area contributed by atoms with Crippen molar-refractivity contribution in [3.63, 3.8) is 0 Å². The third-order valence-corrected chi connectivity index (χ3v) is 6.86. The minimum Gasteiger partial charge on any atom is -0.374 e. The zero-order valence-corrected chi connectivity index (χ0v) is 13.6. The van der Waals surface area contributed by atoms with Gasteiger partial charge in [0, 0.05) is 12.7 Å². The number of Topliss-reactive ketones (excluding diaryl/α,β-unsaturated/α-hetero) is 1. The molecule has 2 nitrogen and oxygen atoms in total. The van der Waals surface area contributed by atoms with Crippen molar-refractivity contribution in [2.45, 2.75) is 24.9 Å². The van der Waals surface area contributed by atoms with Gasteiger partial charge >= 0.3 is 0 Å². The van der Waals surface area contributed by atoms with Gasteiger partial charge in [0.15, 0.2) is 5.78 Å². The van der Waals surface area contributed by atoms with Crippen LogP contribution in [0.5, 0.6) is 0 Å². The molecule has 106 valence electrons. The highest BCUT2D eigenvalue weighted by molar-refractivity contribution is 6.80. The van der Waals surface area contributed by atoms with Crippen LogP contribution in [-0.2, 0) is 4.74 Å². The Bertz CT molecular complexity index is 524. The molecular weight excluding hydrogens is 264 g/mol. The third kappa shape index (κ3) is 2.69. The van der Waals surface area contributed by atoms with E-state index in [-0.39, 0.29) is 16.9 Å². The summed E-state index contributed by atoms with van der Waals surface area (Å²) in [5, 5.41) is -0.305. The molecule has 0 spiro atoms. The maximum atomic E-state index is 12.4. The van der Waals surface area contributed by atoms with Gasteiger partial charge in [0.25, 0.3) is 0 Å². The summed E-state index contributed by atoms with van der Waals surface area (Å²) in [5.41, 5.74) is 0.754. The van der Waals surface area contributed by atoms with Gasteiger partial charge in [-0.05, 0) is 0 Å². The molecule has 0 atom stereocenters. The number of hydrogen-bond donors (Lipinski definition) is 0. The highest BCUT2D eigenvalue weighted by atomic mass is 28.3. The van der Waals surface area contributed by atoms with Crippen LogP contribution < -0.4 is 0 Å². The molecule has 3 heteroatoms. The second-order valence-corrected chi connectivity index (χ2v) is 11.5. The van der Waals surface area contributed by atoms with Gasteiger partial charge in [-0.3, -0.25) is 4.79 Å². The Labute approximate surface area is 122 Å². The van der Waals surface area contributed by atoms with Crippen molar-refractivity contribution in [3.8, 4) is 0 Å². The standard InChI is InChI=1S/C17H22O2Si/c1-19-17(20(2,3)4)12-10-15(11-13-17)16(18)14-8-6-5-7-9-14/h5-13,15H,1-4H3. The molecule has 1 aromatic rings. The fourth-order valence-corrected chi connectivity index (χ4v) is 4.33. The van der Waals surface area contributed by atoms with Crippen LogP contribution in [0, 0.1) is 5.92 Å². The van der Waals surface area contributed by atoms with E-state index >= 15 is 0 Å². The minimum absolute atomic E-state index is 0.137. The van der Waals surface area contributed by atoms with Gasteiger partial charge < -0.3 is 4.74 Å². The summed E-state index contributed by atoms with van der Waals surface area (Å²) in [6.07, 6.45) is 8.11. The molecule has 20 heavy (non-hydrogen) atoms. The highest BCUT2D eigenvalue weighted by Gasteiger charge is 2.41. The lowest BCUT2D eigenvalue weighted by molar-refractivity contribution is 0.0956. The maximum absolute atomic E-state index is 12.4. The predicted octanol–water partition coefficient (Wildman–Crippen LogP) is 3.87. The Kier molecular flexibility index (Phi) is 4.11. The van der Waals surface area contributed by atoms with E-state index in [0.29, 0.717) is 0 Å². The summed E-state index contributed by atoms with van der Waals surface area (Å²) < 4.78 is 5.75. The molecule has 0 aliphatic heterocycles. The van der Waals surface area contributed by atoms with E-state index in [1.165, 1.54) is 0 Å². The number of ketones is 1. The summed E-state index contributed by atoms with van der Waals surface area (Å²) in [6.45, 7) is 6.81. The van der Waals surface area contributed by atoms with Crippen LogP contribution in [0.2, 0.25) is 19.6 Å². The van der Waals surface area contributed by atoms with Crippen molar-refractivity contribution in [1.29, 1.82) is 0 Å². The van der Waals surface area contributed by atoms with Crippen molar-refractivity contribution >= 4 is 13.9 Å². The first-order valence-electron chi connectivity index (χ1n) is 6.93. The number of benzene rings is 1. The number of hydrogen-bond acceptors (Lipinski definition) is 2. The van der Waals surface area contributed by atoms with Crippen LogP contribution in [0.25, 0.3) is 0 Å². The molecule has 0 saturated carbocycles. The number of ether oxygens (including phenoxy) is 1. The summed E-state index contributed by atoms with van der Waals surface area (Å²) in [6, 6.07) is 9.43. The second-order valence-electron chi connectivity index (χ2n) is 6.22. The molecular formula is C17H22O2Si. The second kappa shape index (κ2) is 5.50. The number of carbonyl (C=O) groups excluding carboxylic acids is 1. The number of allylic oxidation sites excluding steroid dienone is 2. The lowest BCUT2D eigenvalue weighted by atomic mass is 9.93. The Morgan fingerprint density at radius 3 is 2.10 bits per heavy atom. The van der Waals surface area contributed by atoms with Gasteiger partial charge in [-0.25, -0.2) is 0 Å². The summed E-state index contributed by atoms with van der Waals surface area (Å²) in [5.74, 6) is -0.0459. The first-order valence-corrected chi connectivity index (χ1v) is 10.4. The SMILES string of the molecule is COC1([Si](C)(C)C)C=CC(C(=O)c2ccccc2)C=C1. The number of carbonyl (C=O) groups is 1. The molecule has 2 rings (SSSR count). The molecule has 0 N–H and O–H groups in total. The largest absolute Gasteiger partial charge is 0.374 e. The topological polar surface area (TPSA) is 26.3 Å². The van der Waals surface area contributed by atoms with Crippen LogP contribution >= 0.6 is 0 Å². The molecule has 1 aliphatic rings. The average molecular weight is 286 g/mol. The van der Waals surface area contributed by atoms with Gasteiger partial charge in [-0.1, -0.05) is 74.3 Å². The predicted molar refractivity (Wildman–Crippen MR) is 85.6 cm³/mol. The van der Waals surface area contributed by atoms with Crippen LogP contribution in [0.15, 0.2) is 54.6 Å². The molecule has 0 unspecified atom stereocenters.